The molecule has 0 amide bonds. The average molecular weight is 477 g/mol. The van der Waals surface area contributed by atoms with E-state index >= 15 is 0 Å². The van der Waals surface area contributed by atoms with Gasteiger partial charge in [-0.15, -0.1) is 0 Å². The second kappa shape index (κ2) is 7.83. The molecule has 35 heavy (non-hydrogen) atoms. The summed E-state index contributed by atoms with van der Waals surface area (Å²) in [5.41, 5.74) is 7.35. The second-order valence-corrected chi connectivity index (χ2v) is 12.8. The first-order valence-electron chi connectivity index (χ1n) is 12.8. The van der Waals surface area contributed by atoms with Crippen molar-refractivity contribution in [2.45, 2.75) is 63.7 Å². The average Bonchev–Trinajstić information content (AvgIpc) is 2.80. The maximum Gasteiger partial charge on any atom is 0.222 e. The minimum atomic E-state index is 0.245. The number of rotatable bonds is 2. The van der Waals surface area contributed by atoms with Gasteiger partial charge in [0.25, 0.3) is 0 Å². The lowest BCUT2D eigenvalue weighted by molar-refractivity contribution is -0.659. The third-order valence-electron chi connectivity index (χ3n) is 7.55. The molecular weight excluding hydrogens is 442 g/mol. The first kappa shape index (κ1) is 22.6. The molecule has 0 unspecified atom stereocenters. The lowest BCUT2D eigenvalue weighted by atomic mass is 9.84. The van der Waals surface area contributed by atoms with Crippen LogP contribution in [0.2, 0.25) is 0 Å². The molecule has 0 bridgehead atoms. The molecule has 2 heteroatoms. The van der Waals surface area contributed by atoms with Crippen LogP contribution in [0.5, 0.6) is 0 Å². The molecule has 0 spiro atoms. The summed E-state index contributed by atoms with van der Waals surface area (Å²) in [6.07, 6.45) is 3.34. The molecule has 0 aliphatic carbocycles. The minimum absolute atomic E-state index is 0.245. The minimum Gasteiger partial charge on any atom is -0.200 e. The summed E-state index contributed by atoms with van der Waals surface area (Å²) in [7, 11) is 2.21. The molecule has 1 aromatic heterocycles. The zero-order valence-corrected chi connectivity index (χ0v) is 22.7. The predicted octanol–water partition coefficient (Wildman–Crippen LogP) is 9.12. The number of hydrogen-bond donors (Lipinski definition) is 0. The monoisotopic (exact) mass is 476 g/mol. The molecule has 0 atom stereocenters. The van der Waals surface area contributed by atoms with E-state index in [1.807, 2.05) is 11.8 Å². The Morgan fingerprint density at radius 2 is 1.57 bits per heavy atom. The van der Waals surface area contributed by atoms with Crippen LogP contribution in [0.1, 0.15) is 57.2 Å². The van der Waals surface area contributed by atoms with Gasteiger partial charge in [0.15, 0.2) is 6.20 Å². The molecule has 2 heterocycles. The first-order valence-corrected chi connectivity index (χ1v) is 13.6. The van der Waals surface area contributed by atoms with Crippen molar-refractivity contribution in [3.8, 4) is 11.3 Å². The lowest BCUT2D eigenvalue weighted by Crippen LogP contribution is -2.32. The summed E-state index contributed by atoms with van der Waals surface area (Å²) < 4.78 is 2.35. The highest BCUT2D eigenvalue weighted by Crippen LogP contribution is 2.54. The zero-order valence-electron chi connectivity index (χ0n) is 21.9. The SMILES string of the molecule is Cc1c2c(c(C(C)C)c3ccccc13)Sc1cc3c(CC(C)(C)C)cccc3c3cc[n+](C)c-2c13. The standard InChI is InChI=1S/C33H34NS/c1-19(2)28-24-13-9-8-12-22(24)20(3)29-31-30-25(15-16-34(31)7)23-14-10-11-21(18-33(4,5)6)26(23)17-27(30)35-32(28)29/h8-17,19H,18H2,1-7H3/q+1. The van der Waals surface area contributed by atoms with E-state index in [4.69, 9.17) is 0 Å². The topological polar surface area (TPSA) is 3.88 Å². The molecule has 6 rings (SSSR count). The van der Waals surface area contributed by atoms with Gasteiger partial charge in [0, 0.05) is 21.2 Å². The highest BCUT2D eigenvalue weighted by Gasteiger charge is 2.33. The molecule has 0 saturated heterocycles. The van der Waals surface area contributed by atoms with Crippen molar-refractivity contribution in [1.29, 1.82) is 0 Å². The molecule has 0 radical (unpaired) electrons. The van der Waals surface area contributed by atoms with Crippen molar-refractivity contribution >= 4 is 44.1 Å². The van der Waals surface area contributed by atoms with Gasteiger partial charge in [-0.3, -0.25) is 0 Å². The van der Waals surface area contributed by atoms with Crippen LogP contribution in [0, 0.1) is 12.3 Å². The lowest BCUT2D eigenvalue weighted by Gasteiger charge is -2.27. The predicted molar refractivity (Wildman–Crippen MR) is 152 cm³/mol. The van der Waals surface area contributed by atoms with Crippen LogP contribution >= 0.6 is 11.8 Å². The van der Waals surface area contributed by atoms with Crippen LogP contribution in [0.25, 0.3) is 43.6 Å². The Labute approximate surface area is 213 Å². The van der Waals surface area contributed by atoms with Crippen molar-refractivity contribution in [2.75, 3.05) is 0 Å². The maximum absolute atomic E-state index is 2.49. The molecule has 0 fully saturated rings. The Hall–Kier alpha value is -2.84. The van der Waals surface area contributed by atoms with Gasteiger partial charge in [-0.1, -0.05) is 88.8 Å². The van der Waals surface area contributed by atoms with Crippen LogP contribution in [0.3, 0.4) is 0 Å². The fraction of sp³-hybridized carbons (Fsp3) is 0.303. The fourth-order valence-electron chi connectivity index (χ4n) is 6.13. The van der Waals surface area contributed by atoms with Crippen molar-refractivity contribution in [3.63, 3.8) is 0 Å². The van der Waals surface area contributed by atoms with Crippen LogP contribution in [-0.4, -0.2) is 0 Å². The largest absolute Gasteiger partial charge is 0.222 e. The summed E-state index contributed by atoms with van der Waals surface area (Å²) in [6, 6.07) is 20.7. The summed E-state index contributed by atoms with van der Waals surface area (Å²) in [5.74, 6) is 0.449. The number of benzene rings is 4. The van der Waals surface area contributed by atoms with E-state index in [1.54, 1.807) is 0 Å². The summed E-state index contributed by atoms with van der Waals surface area (Å²) in [4.78, 5) is 2.84. The fourth-order valence-corrected chi connectivity index (χ4v) is 7.65. The van der Waals surface area contributed by atoms with Gasteiger partial charge < -0.3 is 0 Å². The normalized spacial score (nSPS) is 13.3. The molecule has 176 valence electrons. The highest BCUT2D eigenvalue weighted by molar-refractivity contribution is 8.00. The maximum atomic E-state index is 2.49. The van der Waals surface area contributed by atoms with Crippen molar-refractivity contribution in [2.24, 2.45) is 12.5 Å². The van der Waals surface area contributed by atoms with E-state index in [0.29, 0.717) is 5.92 Å². The van der Waals surface area contributed by atoms with E-state index in [2.05, 4.69) is 114 Å². The summed E-state index contributed by atoms with van der Waals surface area (Å²) in [5, 5.41) is 8.34. The van der Waals surface area contributed by atoms with Gasteiger partial charge >= 0.3 is 0 Å². The van der Waals surface area contributed by atoms with Gasteiger partial charge in [0.2, 0.25) is 5.69 Å². The van der Waals surface area contributed by atoms with Gasteiger partial charge in [-0.25, -0.2) is 4.57 Å². The Kier molecular flexibility index (Phi) is 5.06. The molecule has 1 aliphatic heterocycles. The highest BCUT2D eigenvalue weighted by atomic mass is 32.2. The summed E-state index contributed by atoms with van der Waals surface area (Å²) >= 11 is 2.00. The molecular formula is C33H34NS+. The second-order valence-electron chi connectivity index (χ2n) is 11.7. The van der Waals surface area contributed by atoms with E-state index in [-0.39, 0.29) is 5.41 Å². The third-order valence-corrected chi connectivity index (χ3v) is 8.72. The van der Waals surface area contributed by atoms with Gasteiger partial charge in [-0.05, 0) is 69.0 Å². The molecule has 0 saturated carbocycles. The van der Waals surface area contributed by atoms with E-state index < -0.39 is 0 Å². The van der Waals surface area contributed by atoms with Crippen molar-refractivity contribution < 1.29 is 4.57 Å². The van der Waals surface area contributed by atoms with E-state index in [1.165, 1.54) is 70.1 Å². The summed E-state index contributed by atoms with van der Waals surface area (Å²) in [6.45, 7) is 14.0. The Morgan fingerprint density at radius 1 is 0.857 bits per heavy atom. The number of aryl methyl sites for hydroxylation is 2. The molecule has 0 N–H and O–H groups in total. The Morgan fingerprint density at radius 3 is 2.29 bits per heavy atom. The van der Waals surface area contributed by atoms with Crippen LogP contribution < -0.4 is 4.57 Å². The number of pyridine rings is 1. The van der Waals surface area contributed by atoms with Gasteiger partial charge in [-0.2, -0.15) is 0 Å². The number of aromatic nitrogens is 1. The Bertz CT molecular complexity index is 1670. The Balaban J connectivity index is 1.78. The van der Waals surface area contributed by atoms with Gasteiger partial charge in [0.05, 0.1) is 10.9 Å². The van der Waals surface area contributed by atoms with E-state index in [0.717, 1.165) is 6.42 Å². The first-order chi connectivity index (χ1) is 16.7. The number of fused-ring (bicyclic) bond motifs is 5. The molecule has 4 aromatic carbocycles. The quantitative estimate of drug-likeness (QED) is 0.178. The van der Waals surface area contributed by atoms with Crippen molar-refractivity contribution in [3.05, 3.63) is 77.5 Å². The smallest absolute Gasteiger partial charge is 0.200 e. The molecule has 5 aromatic rings. The van der Waals surface area contributed by atoms with Crippen LogP contribution in [-0.2, 0) is 13.5 Å². The molecule has 1 aliphatic rings. The number of nitrogens with zero attached hydrogens (tertiary/aromatic N) is 1. The van der Waals surface area contributed by atoms with E-state index in [9.17, 15) is 0 Å². The van der Waals surface area contributed by atoms with Crippen LogP contribution in [0.15, 0.2) is 70.6 Å². The van der Waals surface area contributed by atoms with Gasteiger partial charge in [0.1, 0.15) is 7.05 Å². The molecule has 1 nitrogen and oxygen atoms in total. The number of hydrogen-bond acceptors (Lipinski definition) is 1. The third kappa shape index (κ3) is 3.41. The van der Waals surface area contributed by atoms with Crippen molar-refractivity contribution in [1.82, 2.24) is 0 Å². The van der Waals surface area contributed by atoms with Crippen LogP contribution in [0.4, 0.5) is 0 Å². The zero-order chi connectivity index (χ0) is 24.6.